The first kappa shape index (κ1) is 14.3. The zero-order valence-electron chi connectivity index (χ0n) is 11.0. The second-order valence-corrected chi connectivity index (χ2v) is 5.18. The molecule has 9 heteroatoms. The van der Waals surface area contributed by atoms with E-state index in [1.54, 1.807) is 6.92 Å². The summed E-state index contributed by atoms with van der Waals surface area (Å²) < 4.78 is 32.1. The minimum Gasteiger partial charge on any atom is -0.477 e. The highest BCUT2D eigenvalue weighted by molar-refractivity contribution is 7.08. The van der Waals surface area contributed by atoms with Gasteiger partial charge in [0, 0.05) is 23.8 Å². The summed E-state index contributed by atoms with van der Waals surface area (Å²) in [6.07, 6.45) is 1.03. The third-order valence-corrected chi connectivity index (χ3v) is 3.81. The summed E-state index contributed by atoms with van der Waals surface area (Å²) in [5.74, 6) is -3.41. The zero-order chi connectivity index (χ0) is 16.0. The highest BCUT2D eigenvalue weighted by atomic mass is 32.1. The van der Waals surface area contributed by atoms with Crippen molar-refractivity contribution in [3.8, 4) is 5.13 Å². The van der Waals surface area contributed by atoms with Crippen molar-refractivity contribution in [2.24, 2.45) is 0 Å². The minimum atomic E-state index is -1.47. The first-order valence-electron chi connectivity index (χ1n) is 5.97. The van der Waals surface area contributed by atoms with Gasteiger partial charge in [-0.1, -0.05) is 0 Å². The van der Waals surface area contributed by atoms with E-state index in [9.17, 15) is 18.4 Å². The van der Waals surface area contributed by atoms with E-state index in [2.05, 4.69) is 9.36 Å². The molecule has 0 fully saturated rings. The molecule has 0 aliphatic heterocycles. The van der Waals surface area contributed by atoms with Gasteiger partial charge in [-0.15, -0.1) is 0 Å². The number of pyridine rings is 1. The van der Waals surface area contributed by atoms with Crippen molar-refractivity contribution in [1.29, 1.82) is 0 Å². The number of carbonyl (C=O) groups is 1. The summed E-state index contributed by atoms with van der Waals surface area (Å²) in [6.45, 7) is 1.63. The number of carboxylic acid groups (broad SMARTS) is 1. The molecule has 22 heavy (non-hydrogen) atoms. The van der Waals surface area contributed by atoms with Crippen LogP contribution in [0.5, 0.6) is 0 Å². The second-order valence-electron chi connectivity index (χ2n) is 4.45. The normalized spacial score (nSPS) is 11.0. The van der Waals surface area contributed by atoms with Crippen LogP contribution < -0.4 is 5.43 Å². The van der Waals surface area contributed by atoms with E-state index in [0.717, 1.165) is 23.8 Å². The first-order chi connectivity index (χ1) is 10.4. The fourth-order valence-electron chi connectivity index (χ4n) is 2.01. The van der Waals surface area contributed by atoms with Gasteiger partial charge in [0.15, 0.2) is 11.6 Å². The van der Waals surface area contributed by atoms with Crippen molar-refractivity contribution in [3.63, 3.8) is 0 Å². The summed E-state index contributed by atoms with van der Waals surface area (Å²) >= 11 is 0.944. The van der Waals surface area contributed by atoms with E-state index in [-0.39, 0.29) is 16.0 Å². The van der Waals surface area contributed by atoms with Crippen LogP contribution in [0.15, 0.2) is 23.1 Å². The molecule has 0 amide bonds. The first-order valence-corrected chi connectivity index (χ1v) is 6.74. The van der Waals surface area contributed by atoms with Crippen molar-refractivity contribution in [2.45, 2.75) is 6.92 Å². The molecule has 0 aliphatic carbocycles. The molecule has 0 radical (unpaired) electrons. The summed E-state index contributed by atoms with van der Waals surface area (Å²) in [4.78, 5) is 27.4. The Labute approximate surface area is 125 Å². The van der Waals surface area contributed by atoms with Crippen LogP contribution in [-0.2, 0) is 0 Å². The maximum Gasteiger partial charge on any atom is 0.341 e. The van der Waals surface area contributed by atoms with Crippen LogP contribution >= 0.6 is 11.5 Å². The fraction of sp³-hybridized carbons (Fsp3) is 0.0769. The number of nitrogens with zero attached hydrogens (tertiary/aromatic N) is 3. The smallest absolute Gasteiger partial charge is 0.341 e. The Bertz CT molecular complexity index is 981. The molecule has 1 aromatic carbocycles. The molecular weight excluding hydrogens is 316 g/mol. The molecule has 0 atom stereocenters. The van der Waals surface area contributed by atoms with Crippen LogP contribution in [0.25, 0.3) is 16.0 Å². The SMILES string of the molecule is Cc1nsc(-n2cc(C(=O)O)c(=O)c3cc(F)c(F)cc32)n1. The summed E-state index contributed by atoms with van der Waals surface area (Å²) in [5.41, 5.74) is -1.43. The number of benzene rings is 1. The molecule has 3 rings (SSSR count). The van der Waals surface area contributed by atoms with Crippen molar-refractivity contribution in [2.75, 3.05) is 0 Å². The third kappa shape index (κ3) is 2.15. The number of fused-ring (bicyclic) bond motifs is 1. The lowest BCUT2D eigenvalue weighted by atomic mass is 10.1. The summed E-state index contributed by atoms with van der Waals surface area (Å²) in [7, 11) is 0. The molecule has 2 aromatic heterocycles. The lowest BCUT2D eigenvalue weighted by Crippen LogP contribution is -2.18. The molecule has 112 valence electrons. The lowest BCUT2D eigenvalue weighted by molar-refractivity contribution is 0.0695. The summed E-state index contributed by atoms with van der Waals surface area (Å²) in [5, 5.41) is 9.11. The van der Waals surface area contributed by atoms with Crippen molar-refractivity contribution < 1.29 is 18.7 Å². The number of rotatable bonds is 2. The largest absolute Gasteiger partial charge is 0.477 e. The van der Waals surface area contributed by atoms with E-state index < -0.39 is 28.6 Å². The van der Waals surface area contributed by atoms with E-state index in [4.69, 9.17) is 5.11 Å². The van der Waals surface area contributed by atoms with Gasteiger partial charge >= 0.3 is 5.97 Å². The van der Waals surface area contributed by atoms with Crippen molar-refractivity contribution >= 4 is 28.4 Å². The molecule has 0 unspecified atom stereocenters. The predicted molar refractivity (Wildman–Crippen MR) is 74.6 cm³/mol. The highest BCUT2D eigenvalue weighted by Crippen LogP contribution is 2.21. The molecule has 0 saturated heterocycles. The number of hydrogen-bond acceptors (Lipinski definition) is 5. The molecule has 6 nitrogen and oxygen atoms in total. The molecule has 0 spiro atoms. The molecule has 0 saturated carbocycles. The van der Waals surface area contributed by atoms with Gasteiger partial charge in [0.1, 0.15) is 11.4 Å². The molecule has 1 N–H and O–H groups in total. The number of aromatic nitrogens is 3. The van der Waals surface area contributed by atoms with Gasteiger partial charge < -0.3 is 5.11 Å². The molecule has 2 heterocycles. The number of aryl methyl sites for hydroxylation is 1. The predicted octanol–water partition coefficient (Wildman–Crippen LogP) is 2.13. The van der Waals surface area contributed by atoms with Gasteiger partial charge in [-0.2, -0.15) is 4.37 Å². The topological polar surface area (TPSA) is 85.1 Å². The van der Waals surface area contributed by atoms with Crippen LogP contribution in [0.1, 0.15) is 16.2 Å². The highest BCUT2D eigenvalue weighted by Gasteiger charge is 2.19. The van der Waals surface area contributed by atoms with Gasteiger partial charge in [0.05, 0.1) is 10.9 Å². The van der Waals surface area contributed by atoms with Crippen LogP contribution in [-0.4, -0.2) is 25.0 Å². The second kappa shape index (κ2) is 4.95. The minimum absolute atomic E-state index is 0.0186. The standard InChI is InChI=1S/C13H7F2N3O3S/c1-5-16-13(22-17-5)18-4-7(12(20)21)11(19)6-2-8(14)9(15)3-10(6)18/h2-4H,1H3,(H,20,21). The number of carboxylic acids is 1. The fourth-order valence-corrected chi connectivity index (χ4v) is 2.68. The average molecular weight is 323 g/mol. The van der Waals surface area contributed by atoms with Crippen LogP contribution in [0, 0.1) is 18.6 Å². The van der Waals surface area contributed by atoms with E-state index >= 15 is 0 Å². The van der Waals surface area contributed by atoms with Crippen LogP contribution in [0.4, 0.5) is 8.78 Å². The Hall–Kier alpha value is -2.68. The molecular formula is C13H7F2N3O3S. The monoisotopic (exact) mass is 323 g/mol. The van der Waals surface area contributed by atoms with Gasteiger partial charge in [-0.3, -0.25) is 9.36 Å². The maximum absolute atomic E-state index is 13.5. The van der Waals surface area contributed by atoms with Crippen LogP contribution in [0.3, 0.4) is 0 Å². The average Bonchev–Trinajstić information content (AvgIpc) is 2.87. The maximum atomic E-state index is 13.5. The molecule has 0 aliphatic rings. The van der Waals surface area contributed by atoms with E-state index in [0.29, 0.717) is 11.9 Å². The summed E-state index contributed by atoms with van der Waals surface area (Å²) in [6, 6.07) is 1.51. The van der Waals surface area contributed by atoms with Crippen molar-refractivity contribution in [1.82, 2.24) is 13.9 Å². The van der Waals surface area contributed by atoms with Crippen molar-refractivity contribution in [3.05, 3.63) is 51.6 Å². The van der Waals surface area contributed by atoms with E-state index in [1.807, 2.05) is 0 Å². The third-order valence-electron chi connectivity index (χ3n) is 3.00. The molecule has 0 bridgehead atoms. The Morgan fingerprint density at radius 3 is 2.59 bits per heavy atom. The van der Waals surface area contributed by atoms with Gasteiger partial charge in [0.2, 0.25) is 10.6 Å². The number of aromatic carboxylic acids is 1. The Morgan fingerprint density at radius 1 is 1.32 bits per heavy atom. The lowest BCUT2D eigenvalue weighted by Gasteiger charge is -2.09. The van der Waals surface area contributed by atoms with Gasteiger partial charge in [0.25, 0.3) is 0 Å². The van der Waals surface area contributed by atoms with E-state index in [1.165, 1.54) is 4.57 Å². The Balaban J connectivity index is 2.49. The zero-order valence-corrected chi connectivity index (χ0v) is 11.8. The number of hydrogen-bond donors (Lipinski definition) is 1. The van der Waals surface area contributed by atoms with Gasteiger partial charge in [-0.05, 0) is 13.0 Å². The van der Waals surface area contributed by atoms with Crippen LogP contribution in [0.2, 0.25) is 0 Å². The number of halogens is 2. The van der Waals surface area contributed by atoms with Gasteiger partial charge in [-0.25, -0.2) is 18.6 Å². The Kier molecular flexibility index (Phi) is 3.21. The Morgan fingerprint density at radius 2 is 2.00 bits per heavy atom. The molecule has 3 aromatic rings. The quantitative estimate of drug-likeness (QED) is 0.781.